The molecule has 0 aromatic carbocycles. The number of nitriles is 1. The summed E-state index contributed by atoms with van der Waals surface area (Å²) in [5, 5.41) is 12.8. The molecule has 1 fully saturated rings. The van der Waals surface area contributed by atoms with Crippen LogP contribution in [-0.2, 0) is 0 Å². The molecule has 0 atom stereocenters. The zero-order valence-electron chi connectivity index (χ0n) is 10.9. The Bertz CT molecular complexity index is 234. The van der Waals surface area contributed by atoms with Crippen molar-refractivity contribution in [3.05, 3.63) is 0 Å². The van der Waals surface area contributed by atoms with Crippen LogP contribution in [0.5, 0.6) is 0 Å². The SMILES string of the molecule is CC1CCC(C#N)(NCCCN(C)C)CC1. The molecule has 1 aliphatic carbocycles. The van der Waals surface area contributed by atoms with Gasteiger partial charge in [0.1, 0.15) is 5.54 Å². The number of nitrogens with one attached hydrogen (secondary N) is 1. The molecular weight excluding hydrogens is 198 g/mol. The minimum atomic E-state index is -0.223. The van der Waals surface area contributed by atoms with Gasteiger partial charge < -0.3 is 4.90 Å². The fourth-order valence-electron chi connectivity index (χ4n) is 2.31. The first kappa shape index (κ1) is 13.5. The van der Waals surface area contributed by atoms with Gasteiger partial charge in [-0.25, -0.2) is 0 Å². The van der Waals surface area contributed by atoms with Gasteiger partial charge in [-0.05, 0) is 65.2 Å². The van der Waals surface area contributed by atoms with Gasteiger partial charge in [-0.3, -0.25) is 5.32 Å². The van der Waals surface area contributed by atoms with Gasteiger partial charge in [0.05, 0.1) is 6.07 Å². The highest BCUT2D eigenvalue weighted by Crippen LogP contribution is 2.31. The van der Waals surface area contributed by atoms with E-state index in [0.717, 1.165) is 38.3 Å². The summed E-state index contributed by atoms with van der Waals surface area (Å²) in [4.78, 5) is 2.18. The van der Waals surface area contributed by atoms with E-state index in [9.17, 15) is 5.26 Å². The lowest BCUT2D eigenvalue weighted by Gasteiger charge is -2.34. The Morgan fingerprint density at radius 2 is 2.00 bits per heavy atom. The molecule has 0 spiro atoms. The molecule has 1 saturated carbocycles. The molecule has 92 valence electrons. The molecule has 0 amide bonds. The first-order valence-corrected chi connectivity index (χ1v) is 6.39. The summed E-state index contributed by atoms with van der Waals surface area (Å²) in [6.45, 7) is 4.33. The van der Waals surface area contributed by atoms with Crippen LogP contribution in [0.3, 0.4) is 0 Å². The first-order chi connectivity index (χ1) is 7.58. The quantitative estimate of drug-likeness (QED) is 0.725. The largest absolute Gasteiger partial charge is 0.309 e. The number of hydrogen-bond donors (Lipinski definition) is 1. The minimum absolute atomic E-state index is 0.223. The average Bonchev–Trinajstić information content (AvgIpc) is 2.27. The number of hydrogen-bond acceptors (Lipinski definition) is 3. The van der Waals surface area contributed by atoms with Crippen molar-refractivity contribution in [1.82, 2.24) is 10.2 Å². The van der Waals surface area contributed by atoms with E-state index in [1.807, 2.05) is 0 Å². The van der Waals surface area contributed by atoms with Crippen LogP contribution in [0, 0.1) is 17.2 Å². The van der Waals surface area contributed by atoms with Crippen LogP contribution < -0.4 is 5.32 Å². The molecule has 1 rings (SSSR count). The maximum atomic E-state index is 9.31. The molecule has 16 heavy (non-hydrogen) atoms. The maximum absolute atomic E-state index is 9.31. The van der Waals surface area contributed by atoms with Crippen LogP contribution in [0.1, 0.15) is 39.0 Å². The van der Waals surface area contributed by atoms with E-state index in [-0.39, 0.29) is 5.54 Å². The topological polar surface area (TPSA) is 39.1 Å². The van der Waals surface area contributed by atoms with E-state index in [2.05, 4.69) is 37.3 Å². The van der Waals surface area contributed by atoms with Gasteiger partial charge in [-0.2, -0.15) is 5.26 Å². The minimum Gasteiger partial charge on any atom is -0.309 e. The van der Waals surface area contributed by atoms with E-state index in [1.54, 1.807) is 0 Å². The Kier molecular flexibility index (Phi) is 5.24. The Morgan fingerprint density at radius 3 is 2.50 bits per heavy atom. The van der Waals surface area contributed by atoms with Crippen molar-refractivity contribution < 1.29 is 0 Å². The normalized spacial score (nSPS) is 30.3. The molecule has 0 bridgehead atoms. The molecule has 3 heteroatoms. The van der Waals surface area contributed by atoms with E-state index < -0.39 is 0 Å². The molecule has 0 aliphatic heterocycles. The second-order valence-electron chi connectivity index (χ2n) is 5.46. The molecule has 1 N–H and O–H groups in total. The summed E-state index contributed by atoms with van der Waals surface area (Å²) >= 11 is 0. The Labute approximate surface area is 99.8 Å². The second-order valence-corrected chi connectivity index (χ2v) is 5.46. The highest BCUT2D eigenvalue weighted by atomic mass is 15.1. The zero-order chi connectivity index (χ0) is 12.0. The van der Waals surface area contributed by atoms with Crippen molar-refractivity contribution in [2.24, 2.45) is 5.92 Å². The second kappa shape index (κ2) is 6.22. The molecule has 1 aliphatic rings. The van der Waals surface area contributed by atoms with E-state index in [1.165, 1.54) is 12.8 Å². The highest BCUT2D eigenvalue weighted by Gasteiger charge is 2.33. The van der Waals surface area contributed by atoms with Crippen molar-refractivity contribution >= 4 is 0 Å². The predicted molar refractivity (Wildman–Crippen MR) is 67.1 cm³/mol. The first-order valence-electron chi connectivity index (χ1n) is 6.39. The lowest BCUT2D eigenvalue weighted by atomic mass is 9.78. The fraction of sp³-hybridized carbons (Fsp3) is 0.923. The molecule has 0 saturated heterocycles. The van der Waals surface area contributed by atoms with Gasteiger partial charge in [-0.15, -0.1) is 0 Å². The van der Waals surface area contributed by atoms with Gasteiger partial charge in [-0.1, -0.05) is 6.92 Å². The molecular formula is C13H25N3. The van der Waals surface area contributed by atoms with Gasteiger partial charge in [0, 0.05) is 0 Å². The Hall–Kier alpha value is -0.590. The number of rotatable bonds is 5. The predicted octanol–water partition coefficient (Wildman–Crippen LogP) is 2.00. The molecule has 0 heterocycles. The monoisotopic (exact) mass is 223 g/mol. The Balaban J connectivity index is 2.29. The van der Waals surface area contributed by atoms with Gasteiger partial charge in [0.25, 0.3) is 0 Å². The van der Waals surface area contributed by atoms with Crippen molar-refractivity contribution in [3.63, 3.8) is 0 Å². The summed E-state index contributed by atoms with van der Waals surface area (Å²) < 4.78 is 0. The smallest absolute Gasteiger partial charge is 0.106 e. The summed E-state index contributed by atoms with van der Waals surface area (Å²) in [6.07, 6.45) is 5.54. The van der Waals surface area contributed by atoms with Crippen molar-refractivity contribution in [3.8, 4) is 6.07 Å². The molecule has 3 nitrogen and oxygen atoms in total. The summed E-state index contributed by atoms with van der Waals surface area (Å²) in [5.41, 5.74) is -0.223. The van der Waals surface area contributed by atoms with Crippen LogP contribution >= 0.6 is 0 Å². The van der Waals surface area contributed by atoms with Crippen molar-refractivity contribution in [2.45, 2.75) is 44.6 Å². The highest BCUT2D eigenvalue weighted by molar-refractivity contribution is 5.08. The van der Waals surface area contributed by atoms with Crippen LogP contribution in [0.25, 0.3) is 0 Å². The lowest BCUT2D eigenvalue weighted by Crippen LogP contribution is -2.47. The molecule has 0 aromatic rings. The summed E-state index contributed by atoms with van der Waals surface area (Å²) in [6, 6.07) is 2.50. The van der Waals surface area contributed by atoms with E-state index in [0.29, 0.717) is 0 Å². The van der Waals surface area contributed by atoms with Crippen molar-refractivity contribution in [1.29, 1.82) is 5.26 Å². The van der Waals surface area contributed by atoms with E-state index in [4.69, 9.17) is 0 Å². The third-order valence-corrected chi connectivity index (χ3v) is 3.59. The van der Waals surface area contributed by atoms with Gasteiger partial charge in [0.15, 0.2) is 0 Å². The van der Waals surface area contributed by atoms with Gasteiger partial charge >= 0.3 is 0 Å². The van der Waals surface area contributed by atoms with Gasteiger partial charge in [0.2, 0.25) is 0 Å². The van der Waals surface area contributed by atoms with Crippen LogP contribution in [0.15, 0.2) is 0 Å². The summed E-state index contributed by atoms with van der Waals surface area (Å²) in [7, 11) is 4.17. The average molecular weight is 223 g/mol. The molecule has 0 aromatic heterocycles. The van der Waals surface area contributed by atoms with E-state index >= 15 is 0 Å². The lowest BCUT2D eigenvalue weighted by molar-refractivity contribution is 0.246. The van der Waals surface area contributed by atoms with Crippen LogP contribution in [0.2, 0.25) is 0 Å². The van der Waals surface area contributed by atoms with Crippen LogP contribution in [-0.4, -0.2) is 37.6 Å². The molecule has 0 radical (unpaired) electrons. The van der Waals surface area contributed by atoms with Crippen LogP contribution in [0.4, 0.5) is 0 Å². The zero-order valence-corrected chi connectivity index (χ0v) is 10.9. The summed E-state index contributed by atoms with van der Waals surface area (Å²) in [5.74, 6) is 0.796. The third-order valence-electron chi connectivity index (χ3n) is 3.59. The van der Waals surface area contributed by atoms with Crippen molar-refractivity contribution in [2.75, 3.05) is 27.2 Å². The third kappa shape index (κ3) is 4.11. The standard InChI is InChI=1S/C13H25N3/c1-12-5-7-13(11-14,8-6-12)15-9-4-10-16(2)3/h12,15H,4-10H2,1-3H3. The number of nitrogens with zero attached hydrogens (tertiary/aromatic N) is 2. The maximum Gasteiger partial charge on any atom is 0.106 e. The Morgan fingerprint density at radius 1 is 1.38 bits per heavy atom. The fourth-order valence-corrected chi connectivity index (χ4v) is 2.31. The molecule has 0 unspecified atom stereocenters.